The standard InChI is InChI=1S/C20H23NO3S/c1-4-24-18-9-7-17(8-10-18)21-20(23)13-25-12-19(22)16-6-5-14(2)15(3)11-16/h5-11H,4,12-13H2,1-3H3,(H,21,23). The van der Waals surface area contributed by atoms with Gasteiger partial charge in [0.1, 0.15) is 5.75 Å². The van der Waals surface area contributed by atoms with Gasteiger partial charge in [-0.3, -0.25) is 9.59 Å². The number of anilines is 1. The molecule has 0 atom stereocenters. The minimum Gasteiger partial charge on any atom is -0.494 e. The molecule has 4 nitrogen and oxygen atoms in total. The summed E-state index contributed by atoms with van der Waals surface area (Å²) in [5.41, 5.74) is 3.68. The Balaban J connectivity index is 1.77. The number of aryl methyl sites for hydroxylation is 2. The second-order valence-corrected chi connectivity index (χ2v) is 6.71. The molecule has 0 aromatic heterocycles. The number of thioether (sulfide) groups is 1. The first kappa shape index (κ1) is 19.1. The van der Waals surface area contributed by atoms with E-state index in [1.54, 1.807) is 12.1 Å². The molecule has 25 heavy (non-hydrogen) atoms. The summed E-state index contributed by atoms with van der Waals surface area (Å²) < 4.78 is 5.36. The molecule has 2 rings (SSSR count). The summed E-state index contributed by atoms with van der Waals surface area (Å²) in [4.78, 5) is 24.1. The van der Waals surface area contributed by atoms with Crippen molar-refractivity contribution in [2.75, 3.05) is 23.4 Å². The fourth-order valence-electron chi connectivity index (χ4n) is 2.23. The van der Waals surface area contributed by atoms with Crippen LogP contribution in [-0.4, -0.2) is 29.8 Å². The minimum atomic E-state index is -0.123. The molecule has 0 unspecified atom stereocenters. The number of ether oxygens (including phenoxy) is 1. The summed E-state index contributed by atoms with van der Waals surface area (Å²) in [5.74, 6) is 1.22. The lowest BCUT2D eigenvalue weighted by Crippen LogP contribution is -2.15. The maximum Gasteiger partial charge on any atom is 0.234 e. The van der Waals surface area contributed by atoms with Crippen molar-refractivity contribution >= 4 is 29.1 Å². The van der Waals surface area contributed by atoms with Gasteiger partial charge in [-0.05, 0) is 62.2 Å². The molecule has 0 saturated carbocycles. The Bertz CT molecular complexity index is 741. The van der Waals surface area contributed by atoms with E-state index in [0.717, 1.165) is 17.0 Å². The molecule has 0 saturated heterocycles. The van der Waals surface area contributed by atoms with Crippen LogP contribution in [0.5, 0.6) is 5.75 Å². The Labute approximate surface area is 153 Å². The zero-order chi connectivity index (χ0) is 18.2. The normalized spacial score (nSPS) is 10.4. The number of carbonyl (C=O) groups is 2. The van der Waals surface area contributed by atoms with Gasteiger partial charge in [0.2, 0.25) is 5.91 Å². The fraction of sp³-hybridized carbons (Fsp3) is 0.300. The van der Waals surface area contributed by atoms with Crippen molar-refractivity contribution in [3.8, 4) is 5.75 Å². The van der Waals surface area contributed by atoms with Gasteiger partial charge in [-0.2, -0.15) is 0 Å². The number of Topliss-reactive ketones (excluding diaryl/α,β-unsaturated/α-hetero) is 1. The molecule has 2 aromatic rings. The highest BCUT2D eigenvalue weighted by atomic mass is 32.2. The van der Waals surface area contributed by atoms with Crippen LogP contribution in [-0.2, 0) is 4.79 Å². The van der Waals surface area contributed by atoms with Gasteiger partial charge in [-0.15, -0.1) is 11.8 Å². The number of amides is 1. The second-order valence-electron chi connectivity index (χ2n) is 5.72. The molecule has 132 valence electrons. The van der Waals surface area contributed by atoms with Gasteiger partial charge in [0.25, 0.3) is 0 Å². The summed E-state index contributed by atoms with van der Waals surface area (Å²) in [6.45, 7) is 6.54. The molecule has 0 spiro atoms. The maximum atomic E-state index is 12.2. The predicted octanol–water partition coefficient (Wildman–Crippen LogP) is 4.26. The molecule has 0 aliphatic heterocycles. The molecule has 5 heteroatoms. The summed E-state index contributed by atoms with van der Waals surface area (Å²) in [7, 11) is 0. The number of hydrogen-bond donors (Lipinski definition) is 1. The van der Waals surface area contributed by atoms with Gasteiger partial charge >= 0.3 is 0 Å². The first-order valence-electron chi connectivity index (χ1n) is 8.20. The van der Waals surface area contributed by atoms with Gasteiger partial charge in [-0.25, -0.2) is 0 Å². The van der Waals surface area contributed by atoms with Crippen molar-refractivity contribution in [2.24, 2.45) is 0 Å². The highest BCUT2D eigenvalue weighted by Crippen LogP contribution is 2.16. The third-order valence-electron chi connectivity index (χ3n) is 3.74. The van der Waals surface area contributed by atoms with Crippen LogP contribution in [0.4, 0.5) is 5.69 Å². The van der Waals surface area contributed by atoms with E-state index < -0.39 is 0 Å². The molecule has 0 fully saturated rings. The lowest BCUT2D eigenvalue weighted by Gasteiger charge is -2.07. The van der Waals surface area contributed by atoms with Crippen LogP contribution in [0.3, 0.4) is 0 Å². The molecule has 1 N–H and O–H groups in total. The zero-order valence-corrected chi connectivity index (χ0v) is 15.6. The van der Waals surface area contributed by atoms with Crippen LogP contribution in [0, 0.1) is 13.8 Å². The van der Waals surface area contributed by atoms with Crippen LogP contribution in [0.25, 0.3) is 0 Å². The molecule has 1 amide bonds. The smallest absolute Gasteiger partial charge is 0.234 e. The van der Waals surface area contributed by atoms with Gasteiger partial charge in [0.15, 0.2) is 5.78 Å². The number of rotatable bonds is 8. The van der Waals surface area contributed by atoms with Crippen molar-refractivity contribution in [3.63, 3.8) is 0 Å². The van der Waals surface area contributed by atoms with E-state index in [9.17, 15) is 9.59 Å². The topological polar surface area (TPSA) is 55.4 Å². The first-order chi connectivity index (χ1) is 12.0. The molecular formula is C20H23NO3S. The third kappa shape index (κ3) is 5.94. The number of hydrogen-bond acceptors (Lipinski definition) is 4. The Morgan fingerprint density at radius 1 is 1.00 bits per heavy atom. The first-order valence-corrected chi connectivity index (χ1v) is 9.36. The molecule has 0 radical (unpaired) electrons. The third-order valence-corrected chi connectivity index (χ3v) is 4.68. The van der Waals surface area contributed by atoms with E-state index in [1.165, 1.54) is 17.3 Å². The molecule has 0 bridgehead atoms. The minimum absolute atomic E-state index is 0.0435. The molecule has 0 aliphatic carbocycles. The van der Waals surface area contributed by atoms with E-state index in [0.29, 0.717) is 17.9 Å². The Morgan fingerprint density at radius 3 is 2.36 bits per heavy atom. The monoisotopic (exact) mass is 357 g/mol. The highest BCUT2D eigenvalue weighted by molar-refractivity contribution is 8.00. The van der Waals surface area contributed by atoms with Crippen LogP contribution in [0.15, 0.2) is 42.5 Å². The van der Waals surface area contributed by atoms with Crippen LogP contribution >= 0.6 is 11.8 Å². The van der Waals surface area contributed by atoms with Crippen LogP contribution in [0.2, 0.25) is 0 Å². The van der Waals surface area contributed by atoms with Crippen molar-refractivity contribution < 1.29 is 14.3 Å². The number of carbonyl (C=O) groups excluding carboxylic acids is 2. The van der Waals surface area contributed by atoms with Gasteiger partial charge < -0.3 is 10.1 Å². The number of nitrogens with one attached hydrogen (secondary N) is 1. The van der Waals surface area contributed by atoms with E-state index in [4.69, 9.17) is 4.74 Å². The summed E-state index contributed by atoms with van der Waals surface area (Å²) in [5, 5.41) is 2.81. The maximum absolute atomic E-state index is 12.2. The largest absolute Gasteiger partial charge is 0.494 e. The second kappa shape index (κ2) is 9.28. The van der Waals surface area contributed by atoms with E-state index in [-0.39, 0.29) is 17.4 Å². The van der Waals surface area contributed by atoms with Gasteiger partial charge in [0, 0.05) is 11.3 Å². The molecule has 0 aliphatic rings. The average molecular weight is 357 g/mol. The molecule has 0 heterocycles. The quantitative estimate of drug-likeness (QED) is 0.717. The number of ketones is 1. The summed E-state index contributed by atoms with van der Waals surface area (Å²) >= 11 is 1.32. The SMILES string of the molecule is CCOc1ccc(NC(=O)CSCC(=O)c2ccc(C)c(C)c2)cc1. The average Bonchev–Trinajstić information content (AvgIpc) is 2.59. The molecule has 2 aromatic carbocycles. The van der Waals surface area contributed by atoms with Crippen molar-refractivity contribution in [1.29, 1.82) is 0 Å². The highest BCUT2D eigenvalue weighted by Gasteiger charge is 2.09. The fourth-order valence-corrected chi connectivity index (χ4v) is 2.94. The lowest BCUT2D eigenvalue weighted by molar-refractivity contribution is -0.113. The zero-order valence-electron chi connectivity index (χ0n) is 14.8. The lowest BCUT2D eigenvalue weighted by atomic mass is 10.0. The summed E-state index contributed by atoms with van der Waals surface area (Å²) in [6.07, 6.45) is 0. The van der Waals surface area contributed by atoms with E-state index >= 15 is 0 Å². The van der Waals surface area contributed by atoms with E-state index in [1.807, 2.05) is 51.1 Å². The Hall–Kier alpha value is -2.27. The predicted molar refractivity (Wildman–Crippen MR) is 104 cm³/mol. The van der Waals surface area contributed by atoms with Gasteiger partial charge in [0.05, 0.1) is 18.1 Å². The summed E-state index contributed by atoms with van der Waals surface area (Å²) in [6, 6.07) is 12.9. The Morgan fingerprint density at radius 2 is 1.72 bits per heavy atom. The van der Waals surface area contributed by atoms with Crippen molar-refractivity contribution in [1.82, 2.24) is 0 Å². The molecular weight excluding hydrogens is 334 g/mol. The van der Waals surface area contributed by atoms with Gasteiger partial charge in [-0.1, -0.05) is 12.1 Å². The van der Waals surface area contributed by atoms with Crippen molar-refractivity contribution in [2.45, 2.75) is 20.8 Å². The van der Waals surface area contributed by atoms with Crippen LogP contribution < -0.4 is 10.1 Å². The Kier molecular flexibility index (Phi) is 7.07. The van der Waals surface area contributed by atoms with Crippen molar-refractivity contribution in [3.05, 3.63) is 59.2 Å². The number of benzene rings is 2. The van der Waals surface area contributed by atoms with E-state index in [2.05, 4.69) is 5.32 Å². The van der Waals surface area contributed by atoms with Crippen LogP contribution in [0.1, 0.15) is 28.4 Å².